The average Bonchev–Trinajstić information content (AvgIpc) is 3.26. The number of hydrogen-bond donors (Lipinski definition) is 2. The molecule has 1 aliphatic heterocycles. The fraction of sp³-hybridized carbons (Fsp3) is 0.389. The lowest BCUT2D eigenvalue weighted by Crippen LogP contribution is -2.36. The van der Waals surface area contributed by atoms with Gasteiger partial charge in [-0.2, -0.15) is 0 Å². The molecule has 0 saturated carbocycles. The molecule has 2 atom stereocenters. The van der Waals surface area contributed by atoms with E-state index < -0.39 is 6.10 Å². The van der Waals surface area contributed by atoms with Crippen molar-refractivity contribution >= 4 is 17.2 Å². The van der Waals surface area contributed by atoms with Crippen molar-refractivity contribution in [3.05, 3.63) is 57.8 Å². The van der Waals surface area contributed by atoms with Crippen LogP contribution in [-0.2, 0) is 6.54 Å². The molecule has 0 radical (unpaired) electrons. The van der Waals surface area contributed by atoms with Crippen molar-refractivity contribution in [2.45, 2.75) is 38.0 Å². The van der Waals surface area contributed by atoms with Crippen molar-refractivity contribution in [3.63, 3.8) is 0 Å². The zero-order valence-corrected chi connectivity index (χ0v) is 13.8. The first-order valence-electron chi connectivity index (χ1n) is 8.00. The predicted octanol–water partition coefficient (Wildman–Crippen LogP) is 2.94. The fourth-order valence-corrected chi connectivity index (χ4v) is 3.88. The van der Waals surface area contributed by atoms with E-state index in [-0.39, 0.29) is 11.9 Å². The Labute approximate surface area is 140 Å². The highest BCUT2D eigenvalue weighted by Gasteiger charge is 2.31. The Bertz CT molecular complexity index is 640. The third kappa shape index (κ3) is 3.63. The van der Waals surface area contributed by atoms with Crippen LogP contribution < -0.4 is 5.73 Å². The molecule has 1 aromatic heterocycles. The average molecular weight is 330 g/mol. The van der Waals surface area contributed by atoms with Crippen molar-refractivity contribution in [2.75, 3.05) is 6.54 Å². The summed E-state index contributed by atoms with van der Waals surface area (Å²) < 4.78 is 0. The number of rotatable bonds is 5. The van der Waals surface area contributed by atoms with Crippen LogP contribution in [0.2, 0.25) is 0 Å². The van der Waals surface area contributed by atoms with Crippen LogP contribution in [0, 0.1) is 0 Å². The molecule has 5 heteroatoms. The molecule has 1 amide bonds. The summed E-state index contributed by atoms with van der Waals surface area (Å²) in [6.07, 6.45) is 2.06. The third-order valence-electron chi connectivity index (χ3n) is 4.44. The van der Waals surface area contributed by atoms with Gasteiger partial charge in [0.25, 0.3) is 5.91 Å². The molecule has 0 bridgehead atoms. The van der Waals surface area contributed by atoms with Gasteiger partial charge in [0.05, 0.1) is 6.10 Å². The zero-order valence-electron chi connectivity index (χ0n) is 13.0. The standard InChI is InChI=1S/C18H22N2O2S/c19-12-13-5-7-14(8-6-13)18(22)20-9-1-3-15(20)11-16(21)17-4-2-10-23-17/h2,4-8,10,15-16,21H,1,3,9,11-12,19H2. The van der Waals surface area contributed by atoms with Crippen molar-refractivity contribution in [1.29, 1.82) is 0 Å². The first-order chi connectivity index (χ1) is 11.2. The number of likely N-dealkylation sites (tertiary alicyclic amines) is 1. The monoisotopic (exact) mass is 330 g/mol. The molecule has 2 unspecified atom stereocenters. The smallest absolute Gasteiger partial charge is 0.254 e. The number of hydrogen-bond acceptors (Lipinski definition) is 4. The van der Waals surface area contributed by atoms with Crippen molar-refractivity contribution in [2.24, 2.45) is 5.73 Å². The Morgan fingerprint density at radius 3 is 2.78 bits per heavy atom. The number of nitrogens with zero attached hydrogens (tertiary/aromatic N) is 1. The second kappa shape index (κ2) is 7.25. The molecule has 2 aromatic rings. The third-order valence-corrected chi connectivity index (χ3v) is 5.42. The number of aliphatic hydroxyl groups is 1. The van der Waals surface area contributed by atoms with Gasteiger partial charge in [-0.1, -0.05) is 18.2 Å². The number of thiophene rings is 1. The molecule has 1 saturated heterocycles. The lowest BCUT2D eigenvalue weighted by atomic mass is 10.0. The summed E-state index contributed by atoms with van der Waals surface area (Å²) in [5.41, 5.74) is 7.31. The van der Waals surface area contributed by atoms with Crippen molar-refractivity contribution in [3.8, 4) is 0 Å². The van der Waals surface area contributed by atoms with Crippen LogP contribution in [0.25, 0.3) is 0 Å². The summed E-state index contributed by atoms with van der Waals surface area (Å²) in [7, 11) is 0. The van der Waals surface area contributed by atoms with E-state index in [4.69, 9.17) is 5.73 Å². The summed E-state index contributed by atoms with van der Waals surface area (Å²) in [5.74, 6) is 0.0504. The molecule has 0 spiro atoms. The van der Waals surface area contributed by atoms with E-state index in [9.17, 15) is 9.90 Å². The minimum absolute atomic E-state index is 0.0504. The lowest BCUT2D eigenvalue weighted by molar-refractivity contribution is 0.0670. The molecule has 4 nitrogen and oxygen atoms in total. The SMILES string of the molecule is NCc1ccc(C(=O)N2CCCC2CC(O)c2cccs2)cc1. The van der Waals surface area contributed by atoms with Gasteiger partial charge in [0, 0.05) is 29.6 Å². The summed E-state index contributed by atoms with van der Waals surface area (Å²) in [6.45, 7) is 1.24. The Kier molecular flexibility index (Phi) is 5.10. The maximum absolute atomic E-state index is 12.7. The van der Waals surface area contributed by atoms with E-state index in [0.717, 1.165) is 29.8 Å². The number of carbonyl (C=O) groups is 1. The van der Waals surface area contributed by atoms with Gasteiger partial charge in [-0.25, -0.2) is 0 Å². The molecule has 0 aliphatic carbocycles. The maximum atomic E-state index is 12.7. The quantitative estimate of drug-likeness (QED) is 0.886. The van der Waals surface area contributed by atoms with Crippen LogP contribution in [0.1, 0.15) is 46.2 Å². The van der Waals surface area contributed by atoms with Crippen molar-refractivity contribution in [1.82, 2.24) is 4.90 Å². The normalized spacial score (nSPS) is 19.0. The number of amides is 1. The molecule has 1 aromatic carbocycles. The first kappa shape index (κ1) is 16.2. The maximum Gasteiger partial charge on any atom is 0.254 e. The summed E-state index contributed by atoms with van der Waals surface area (Å²) >= 11 is 1.56. The second-order valence-electron chi connectivity index (χ2n) is 5.96. The molecule has 1 fully saturated rings. The zero-order chi connectivity index (χ0) is 16.2. The van der Waals surface area contributed by atoms with Crippen LogP contribution in [0.4, 0.5) is 0 Å². The Hall–Kier alpha value is -1.69. The van der Waals surface area contributed by atoms with Gasteiger partial charge < -0.3 is 15.7 Å². The van der Waals surface area contributed by atoms with Gasteiger partial charge in [-0.05, 0) is 48.4 Å². The van der Waals surface area contributed by atoms with Crippen LogP contribution in [0.3, 0.4) is 0 Å². The summed E-state index contributed by atoms with van der Waals surface area (Å²) in [4.78, 5) is 15.6. The topological polar surface area (TPSA) is 66.6 Å². The van der Waals surface area contributed by atoms with E-state index in [1.165, 1.54) is 0 Å². The highest BCUT2D eigenvalue weighted by molar-refractivity contribution is 7.10. The number of nitrogens with two attached hydrogens (primary N) is 1. The Morgan fingerprint density at radius 2 is 2.13 bits per heavy atom. The van der Waals surface area contributed by atoms with Crippen LogP contribution in [-0.4, -0.2) is 28.5 Å². The minimum Gasteiger partial charge on any atom is -0.387 e. The van der Waals surface area contributed by atoms with E-state index in [0.29, 0.717) is 18.5 Å². The predicted molar refractivity (Wildman–Crippen MR) is 92.3 cm³/mol. The van der Waals surface area contributed by atoms with E-state index in [2.05, 4.69) is 0 Å². The molecule has 1 aliphatic rings. The van der Waals surface area contributed by atoms with Crippen molar-refractivity contribution < 1.29 is 9.90 Å². The van der Waals surface area contributed by atoms with Gasteiger partial charge in [-0.15, -0.1) is 11.3 Å². The number of aliphatic hydroxyl groups excluding tert-OH is 1. The summed E-state index contributed by atoms with van der Waals surface area (Å²) in [6, 6.07) is 11.5. The molecular weight excluding hydrogens is 308 g/mol. The molecule has 23 heavy (non-hydrogen) atoms. The van der Waals surface area contributed by atoms with Crippen LogP contribution in [0.5, 0.6) is 0 Å². The molecular formula is C18H22N2O2S. The largest absolute Gasteiger partial charge is 0.387 e. The van der Waals surface area contributed by atoms with E-state index >= 15 is 0 Å². The van der Waals surface area contributed by atoms with E-state index in [1.54, 1.807) is 11.3 Å². The molecule has 2 heterocycles. The first-order valence-corrected chi connectivity index (χ1v) is 8.88. The van der Waals surface area contributed by atoms with Gasteiger partial charge in [0.2, 0.25) is 0 Å². The van der Waals surface area contributed by atoms with Gasteiger partial charge in [0.1, 0.15) is 0 Å². The highest BCUT2D eigenvalue weighted by atomic mass is 32.1. The summed E-state index contributed by atoms with van der Waals surface area (Å²) in [5, 5.41) is 12.3. The Balaban J connectivity index is 1.69. The van der Waals surface area contributed by atoms with Crippen LogP contribution in [0.15, 0.2) is 41.8 Å². The highest BCUT2D eigenvalue weighted by Crippen LogP contribution is 2.30. The molecule has 3 N–H and O–H groups in total. The molecule has 122 valence electrons. The van der Waals surface area contributed by atoms with Gasteiger partial charge in [-0.3, -0.25) is 4.79 Å². The van der Waals surface area contributed by atoms with Gasteiger partial charge in [0.15, 0.2) is 0 Å². The second-order valence-corrected chi connectivity index (χ2v) is 6.94. The minimum atomic E-state index is -0.493. The number of benzene rings is 1. The molecule has 3 rings (SSSR count). The Morgan fingerprint density at radius 1 is 1.35 bits per heavy atom. The van der Waals surface area contributed by atoms with Gasteiger partial charge >= 0.3 is 0 Å². The van der Waals surface area contributed by atoms with Crippen LogP contribution >= 0.6 is 11.3 Å². The van der Waals surface area contributed by atoms with E-state index in [1.807, 2.05) is 46.7 Å². The fourth-order valence-electron chi connectivity index (χ4n) is 3.15. The number of carbonyl (C=O) groups excluding carboxylic acids is 1. The lowest BCUT2D eigenvalue weighted by Gasteiger charge is -2.26.